The lowest BCUT2D eigenvalue weighted by molar-refractivity contribution is 0.615. The van der Waals surface area contributed by atoms with E-state index in [4.69, 9.17) is 0 Å². The Morgan fingerprint density at radius 3 is 3.00 bits per heavy atom. The van der Waals surface area contributed by atoms with Gasteiger partial charge in [-0.25, -0.2) is 9.37 Å². The third-order valence-electron chi connectivity index (χ3n) is 3.15. The number of anilines is 2. The van der Waals surface area contributed by atoms with Gasteiger partial charge in [0.05, 0.1) is 0 Å². The molecule has 0 spiro atoms. The molecule has 0 bridgehead atoms. The van der Waals surface area contributed by atoms with Crippen LogP contribution in [0.5, 0.6) is 0 Å². The summed E-state index contributed by atoms with van der Waals surface area (Å²) in [5.41, 5.74) is 2.17. The van der Waals surface area contributed by atoms with Crippen molar-refractivity contribution >= 4 is 27.4 Å². The van der Waals surface area contributed by atoms with E-state index in [1.807, 2.05) is 23.1 Å². The molecule has 3 nitrogen and oxygen atoms in total. The second-order valence-electron chi connectivity index (χ2n) is 4.42. The summed E-state index contributed by atoms with van der Waals surface area (Å²) in [7, 11) is 0. The van der Waals surface area contributed by atoms with Gasteiger partial charge in [-0.15, -0.1) is 0 Å². The molecule has 0 saturated carbocycles. The molecule has 0 unspecified atom stereocenters. The zero-order valence-corrected chi connectivity index (χ0v) is 11.8. The smallest absolute Gasteiger partial charge is 0.169 e. The van der Waals surface area contributed by atoms with Crippen LogP contribution in [0.15, 0.2) is 41.0 Å². The molecule has 98 valence electrons. The first-order valence-corrected chi connectivity index (χ1v) is 6.92. The first kappa shape index (κ1) is 12.6. The summed E-state index contributed by atoms with van der Waals surface area (Å²) in [6, 6.07) is 9.47. The van der Waals surface area contributed by atoms with Gasteiger partial charge in [0.1, 0.15) is 0 Å². The maximum Gasteiger partial charge on any atom is 0.169 e. The van der Waals surface area contributed by atoms with Crippen LogP contribution < -0.4 is 10.2 Å². The number of pyridine rings is 1. The van der Waals surface area contributed by atoms with Gasteiger partial charge in [-0.2, -0.15) is 0 Å². The lowest BCUT2D eigenvalue weighted by Crippen LogP contribution is -2.26. The normalized spacial score (nSPS) is 14.9. The molecular weight excluding hydrogens is 309 g/mol. The Morgan fingerprint density at radius 1 is 1.32 bits per heavy atom. The summed E-state index contributed by atoms with van der Waals surface area (Å²) in [5.74, 6) is 0.0606. The molecule has 0 saturated heterocycles. The van der Waals surface area contributed by atoms with Crippen molar-refractivity contribution in [3.63, 3.8) is 0 Å². The van der Waals surface area contributed by atoms with Crippen molar-refractivity contribution in [2.45, 2.75) is 6.54 Å². The minimum atomic E-state index is -0.314. The Balaban J connectivity index is 2.09. The highest BCUT2D eigenvalue weighted by Gasteiger charge is 2.20. The van der Waals surface area contributed by atoms with Gasteiger partial charge < -0.3 is 10.2 Å². The van der Waals surface area contributed by atoms with Crippen molar-refractivity contribution in [2.75, 3.05) is 18.0 Å². The van der Waals surface area contributed by atoms with Gasteiger partial charge in [0.15, 0.2) is 11.6 Å². The fourth-order valence-corrected chi connectivity index (χ4v) is 2.59. The Bertz CT molecular complexity index is 603. The van der Waals surface area contributed by atoms with Crippen LogP contribution in [-0.2, 0) is 6.54 Å². The second kappa shape index (κ2) is 5.27. The van der Waals surface area contributed by atoms with Crippen molar-refractivity contribution in [1.82, 2.24) is 10.3 Å². The molecule has 1 N–H and O–H groups in total. The molecule has 0 fully saturated rings. The monoisotopic (exact) mass is 321 g/mol. The Labute approximate surface area is 119 Å². The highest BCUT2D eigenvalue weighted by atomic mass is 79.9. The molecule has 1 aliphatic heterocycles. The number of hydrogen-bond acceptors (Lipinski definition) is 3. The van der Waals surface area contributed by atoms with Crippen molar-refractivity contribution in [1.29, 1.82) is 0 Å². The molecule has 2 heterocycles. The molecule has 19 heavy (non-hydrogen) atoms. The zero-order chi connectivity index (χ0) is 13.2. The third kappa shape index (κ3) is 2.48. The average molecular weight is 322 g/mol. The molecular formula is C14H13BrFN3. The van der Waals surface area contributed by atoms with Gasteiger partial charge in [-0.05, 0) is 33.6 Å². The van der Waals surface area contributed by atoms with E-state index in [1.165, 1.54) is 6.07 Å². The van der Waals surface area contributed by atoms with E-state index in [-0.39, 0.29) is 5.82 Å². The van der Waals surface area contributed by atoms with Crippen LogP contribution in [0.4, 0.5) is 15.9 Å². The maximum atomic E-state index is 14.1. The van der Waals surface area contributed by atoms with Crippen LogP contribution in [0.1, 0.15) is 5.56 Å². The van der Waals surface area contributed by atoms with Crippen LogP contribution in [0.25, 0.3) is 0 Å². The Morgan fingerprint density at radius 2 is 2.16 bits per heavy atom. The van der Waals surface area contributed by atoms with Crippen LogP contribution in [0.2, 0.25) is 0 Å². The number of aromatic nitrogens is 1. The minimum absolute atomic E-state index is 0.314. The average Bonchev–Trinajstić information content (AvgIpc) is 2.61. The largest absolute Gasteiger partial charge is 0.322 e. The van der Waals surface area contributed by atoms with Crippen molar-refractivity contribution in [3.8, 4) is 0 Å². The maximum absolute atomic E-state index is 14.1. The fourth-order valence-electron chi connectivity index (χ4n) is 2.28. The molecule has 0 aliphatic carbocycles. The first-order valence-electron chi connectivity index (χ1n) is 6.13. The van der Waals surface area contributed by atoms with E-state index < -0.39 is 0 Å². The second-order valence-corrected chi connectivity index (χ2v) is 5.33. The van der Waals surface area contributed by atoms with Crippen LogP contribution in [-0.4, -0.2) is 18.1 Å². The van der Waals surface area contributed by atoms with Gasteiger partial charge in [0.25, 0.3) is 0 Å². The number of halogens is 2. The third-order valence-corrected chi connectivity index (χ3v) is 3.59. The number of benzene rings is 1. The lowest BCUT2D eigenvalue weighted by Gasteiger charge is -2.23. The molecule has 3 rings (SSSR count). The molecule has 5 heteroatoms. The van der Waals surface area contributed by atoms with Crippen LogP contribution in [0.3, 0.4) is 0 Å². The van der Waals surface area contributed by atoms with Crippen molar-refractivity contribution in [2.24, 2.45) is 0 Å². The molecule has 1 aromatic heterocycles. The highest BCUT2D eigenvalue weighted by molar-refractivity contribution is 9.10. The van der Waals surface area contributed by atoms with Crippen LogP contribution >= 0.6 is 15.9 Å². The van der Waals surface area contributed by atoms with E-state index in [0.717, 1.165) is 24.3 Å². The summed E-state index contributed by atoms with van der Waals surface area (Å²) >= 11 is 3.23. The SMILES string of the molecule is Fc1cc(Br)cnc1N1CCNCc2ccccc21. The fraction of sp³-hybridized carbons (Fsp3) is 0.214. The van der Waals surface area contributed by atoms with Crippen molar-refractivity contribution in [3.05, 3.63) is 52.4 Å². The summed E-state index contributed by atoms with van der Waals surface area (Å²) in [4.78, 5) is 6.15. The molecule has 0 radical (unpaired) electrons. The van der Waals surface area contributed by atoms with Gasteiger partial charge in [-0.1, -0.05) is 18.2 Å². The first-order chi connectivity index (χ1) is 9.25. The Hall–Kier alpha value is -1.46. The summed E-state index contributed by atoms with van der Waals surface area (Å²) < 4.78 is 14.8. The van der Waals surface area contributed by atoms with Gasteiger partial charge in [0, 0.05) is 36.0 Å². The van der Waals surface area contributed by atoms with E-state index in [2.05, 4.69) is 32.3 Å². The zero-order valence-electron chi connectivity index (χ0n) is 10.2. The van der Waals surface area contributed by atoms with E-state index in [1.54, 1.807) is 6.20 Å². The minimum Gasteiger partial charge on any atom is -0.322 e. The number of nitrogens with one attached hydrogen (secondary N) is 1. The molecule has 0 atom stereocenters. The Kier molecular flexibility index (Phi) is 3.48. The lowest BCUT2D eigenvalue weighted by atomic mass is 10.1. The molecule has 0 amide bonds. The quantitative estimate of drug-likeness (QED) is 0.874. The van der Waals surface area contributed by atoms with Crippen LogP contribution in [0, 0.1) is 5.82 Å². The highest BCUT2D eigenvalue weighted by Crippen LogP contribution is 2.30. The van der Waals surface area contributed by atoms with Gasteiger partial charge in [0.2, 0.25) is 0 Å². The number of nitrogens with zero attached hydrogens (tertiary/aromatic N) is 2. The molecule has 1 aliphatic rings. The number of fused-ring (bicyclic) bond motifs is 1. The molecule has 2 aromatic rings. The van der Waals surface area contributed by atoms with Gasteiger partial charge in [-0.3, -0.25) is 0 Å². The van der Waals surface area contributed by atoms with Gasteiger partial charge >= 0.3 is 0 Å². The number of para-hydroxylation sites is 1. The summed E-state index contributed by atoms with van der Waals surface area (Å²) in [6.07, 6.45) is 1.62. The number of rotatable bonds is 1. The van der Waals surface area contributed by atoms with E-state index in [9.17, 15) is 4.39 Å². The predicted octanol–water partition coefficient (Wildman–Crippen LogP) is 3.22. The van der Waals surface area contributed by atoms with E-state index >= 15 is 0 Å². The topological polar surface area (TPSA) is 28.2 Å². The summed E-state index contributed by atoms with van der Waals surface area (Å²) in [6.45, 7) is 2.29. The van der Waals surface area contributed by atoms with Crippen molar-refractivity contribution < 1.29 is 4.39 Å². The standard InChI is InChI=1S/C14H13BrFN3/c15-11-7-12(16)14(18-9-11)19-6-5-17-8-10-3-1-2-4-13(10)19/h1-4,7,9,17H,5-6,8H2. The predicted molar refractivity (Wildman–Crippen MR) is 77.0 cm³/mol. The molecule has 1 aromatic carbocycles. The summed E-state index contributed by atoms with van der Waals surface area (Å²) in [5, 5.41) is 3.33. The van der Waals surface area contributed by atoms with E-state index in [0.29, 0.717) is 16.8 Å². The number of hydrogen-bond donors (Lipinski definition) is 1.